The highest BCUT2D eigenvalue weighted by Crippen LogP contribution is 2.21. The van der Waals surface area contributed by atoms with Crippen LogP contribution in [0.15, 0.2) is 30.3 Å². The fourth-order valence-corrected chi connectivity index (χ4v) is 3.01. The van der Waals surface area contributed by atoms with Crippen LogP contribution in [0.5, 0.6) is 5.75 Å². The van der Waals surface area contributed by atoms with Crippen LogP contribution in [0.4, 0.5) is 0 Å². The van der Waals surface area contributed by atoms with Crippen molar-refractivity contribution in [2.75, 3.05) is 26.3 Å². The molecule has 0 unspecified atom stereocenters. The summed E-state index contributed by atoms with van der Waals surface area (Å²) >= 11 is 0. The number of hydrogen-bond acceptors (Lipinski definition) is 5. The number of phenols is 1. The third-order valence-electron chi connectivity index (χ3n) is 4.33. The van der Waals surface area contributed by atoms with Crippen molar-refractivity contribution in [3.63, 3.8) is 0 Å². The van der Waals surface area contributed by atoms with Crippen LogP contribution in [0, 0.1) is 5.92 Å². The van der Waals surface area contributed by atoms with E-state index in [9.17, 15) is 5.11 Å². The normalized spacial score (nSPS) is 16.9. The van der Waals surface area contributed by atoms with Gasteiger partial charge in [0.2, 0.25) is 0 Å². The summed E-state index contributed by atoms with van der Waals surface area (Å²) in [6.07, 6.45) is 2.27. The molecule has 1 fully saturated rings. The van der Waals surface area contributed by atoms with Gasteiger partial charge in [-0.2, -0.15) is 0 Å². The van der Waals surface area contributed by atoms with E-state index < -0.39 is 0 Å². The fraction of sp³-hybridized carbons (Fsp3) is 0.500. The molecule has 0 aliphatic carbocycles. The van der Waals surface area contributed by atoms with E-state index >= 15 is 0 Å². The Bertz CT molecular complexity index is 639. The van der Waals surface area contributed by atoms with Gasteiger partial charge in [-0.25, -0.2) is 9.78 Å². The van der Waals surface area contributed by atoms with Gasteiger partial charge >= 0.3 is 0 Å². The zero-order valence-corrected chi connectivity index (χ0v) is 13.6. The van der Waals surface area contributed by atoms with Gasteiger partial charge in [-0.1, -0.05) is 6.07 Å². The number of pyridine rings is 1. The van der Waals surface area contributed by atoms with Crippen LogP contribution < -0.4 is 0 Å². The van der Waals surface area contributed by atoms with Gasteiger partial charge in [-0.15, -0.1) is 0 Å². The lowest BCUT2D eigenvalue weighted by Crippen LogP contribution is -2.34. The van der Waals surface area contributed by atoms with Crippen molar-refractivity contribution in [1.82, 2.24) is 9.88 Å². The third kappa shape index (κ3) is 4.41. The van der Waals surface area contributed by atoms with Gasteiger partial charge in [-0.05, 0) is 63.0 Å². The number of rotatable bonds is 6. The second kappa shape index (κ2) is 7.73. The predicted molar refractivity (Wildman–Crippen MR) is 89.0 cm³/mol. The first kappa shape index (κ1) is 16.2. The fourth-order valence-electron chi connectivity index (χ4n) is 3.01. The van der Waals surface area contributed by atoms with Crippen LogP contribution in [-0.2, 0) is 16.3 Å². The highest BCUT2D eigenvalue weighted by Gasteiger charge is 2.20. The Kier molecular flexibility index (Phi) is 5.43. The van der Waals surface area contributed by atoms with Gasteiger partial charge in [-0.3, -0.25) is 9.88 Å². The molecule has 0 spiro atoms. The molecule has 5 nitrogen and oxygen atoms in total. The Balaban J connectivity index is 1.53. The quantitative estimate of drug-likeness (QED) is 0.504. The Hall–Kier alpha value is -1.69. The topological polar surface area (TPSA) is 54.8 Å². The monoisotopic (exact) mass is 316 g/mol. The molecule has 5 heteroatoms. The lowest BCUT2D eigenvalue weighted by molar-refractivity contribution is -0.299. The number of likely N-dealkylation sites (tertiary alicyclic amines) is 1. The van der Waals surface area contributed by atoms with Crippen molar-refractivity contribution in [3.8, 4) is 5.75 Å². The number of aromatic nitrogens is 1. The van der Waals surface area contributed by atoms with Crippen molar-refractivity contribution in [1.29, 1.82) is 0 Å². The molecule has 0 radical (unpaired) electrons. The number of hydrogen-bond donors (Lipinski definition) is 1. The van der Waals surface area contributed by atoms with Gasteiger partial charge in [0.25, 0.3) is 0 Å². The number of nitrogens with zero attached hydrogens (tertiary/aromatic N) is 2. The molecule has 1 aliphatic heterocycles. The van der Waals surface area contributed by atoms with Gasteiger partial charge in [0.1, 0.15) is 5.75 Å². The summed E-state index contributed by atoms with van der Waals surface area (Å²) in [5.41, 5.74) is 2.01. The maximum Gasteiger partial charge on any atom is 0.116 e. The first-order valence-electron chi connectivity index (χ1n) is 8.30. The van der Waals surface area contributed by atoms with Crippen molar-refractivity contribution < 1.29 is 14.9 Å². The number of phenolic OH excluding ortho intramolecular Hbond substituents is 1. The molecule has 1 aromatic heterocycles. The molecule has 0 bridgehead atoms. The van der Waals surface area contributed by atoms with Crippen LogP contribution in [0.1, 0.15) is 25.5 Å². The number of piperidine rings is 1. The molecule has 0 amide bonds. The number of benzene rings is 1. The van der Waals surface area contributed by atoms with E-state index in [4.69, 9.17) is 14.8 Å². The largest absolute Gasteiger partial charge is 0.508 e. The summed E-state index contributed by atoms with van der Waals surface area (Å²) in [4.78, 5) is 17.3. The van der Waals surface area contributed by atoms with E-state index in [1.165, 1.54) is 0 Å². The second-order valence-corrected chi connectivity index (χ2v) is 6.09. The predicted octanol–water partition coefficient (Wildman–Crippen LogP) is 3.12. The number of aromatic hydroxyl groups is 1. The van der Waals surface area contributed by atoms with Crippen LogP contribution in [0.2, 0.25) is 0 Å². The van der Waals surface area contributed by atoms with Crippen LogP contribution >= 0.6 is 0 Å². The molecular formula is C18H24N2O3. The molecular weight excluding hydrogens is 292 g/mol. The Labute approximate surface area is 136 Å². The second-order valence-electron chi connectivity index (χ2n) is 6.09. The maximum absolute atomic E-state index is 9.51. The van der Waals surface area contributed by atoms with Crippen molar-refractivity contribution >= 4 is 10.9 Å². The molecule has 1 saturated heterocycles. The minimum Gasteiger partial charge on any atom is -0.508 e. The summed E-state index contributed by atoms with van der Waals surface area (Å²) in [6.45, 7) is 6.23. The smallest absolute Gasteiger partial charge is 0.116 e. The molecule has 23 heavy (non-hydrogen) atoms. The first-order chi connectivity index (χ1) is 11.2. The molecule has 1 aromatic carbocycles. The van der Waals surface area contributed by atoms with Crippen molar-refractivity contribution in [2.45, 2.75) is 26.3 Å². The van der Waals surface area contributed by atoms with E-state index in [1.54, 1.807) is 12.1 Å². The molecule has 0 saturated carbocycles. The Morgan fingerprint density at radius 3 is 2.78 bits per heavy atom. The van der Waals surface area contributed by atoms with Crippen LogP contribution in [0.25, 0.3) is 10.9 Å². The van der Waals surface area contributed by atoms with E-state index in [1.807, 2.05) is 25.1 Å². The van der Waals surface area contributed by atoms with E-state index in [2.05, 4.69) is 4.90 Å². The molecule has 3 rings (SSSR count). The van der Waals surface area contributed by atoms with Gasteiger partial charge < -0.3 is 5.11 Å². The minimum atomic E-state index is 0.281. The first-order valence-corrected chi connectivity index (χ1v) is 8.30. The summed E-state index contributed by atoms with van der Waals surface area (Å²) in [6, 6.07) is 9.37. The van der Waals surface area contributed by atoms with Gasteiger partial charge in [0, 0.05) is 11.9 Å². The Morgan fingerprint density at radius 2 is 2.00 bits per heavy atom. The lowest BCUT2D eigenvalue weighted by Gasteiger charge is -2.31. The SMILES string of the molecule is CCOOCC1CCN(Cc2ccc3cc(O)ccc3n2)CC1. The average molecular weight is 316 g/mol. The summed E-state index contributed by atoms with van der Waals surface area (Å²) < 4.78 is 0. The molecule has 2 heterocycles. The Morgan fingerprint density at radius 1 is 1.17 bits per heavy atom. The molecule has 124 valence electrons. The van der Waals surface area contributed by atoms with E-state index in [-0.39, 0.29) is 5.75 Å². The minimum absolute atomic E-state index is 0.281. The lowest BCUT2D eigenvalue weighted by atomic mass is 9.98. The van der Waals surface area contributed by atoms with Gasteiger partial charge in [0.05, 0.1) is 24.4 Å². The maximum atomic E-state index is 9.51. The standard InChI is InChI=1S/C18H24N2O3/c1-2-22-23-13-14-7-9-20(10-8-14)12-16-4-3-15-11-17(21)5-6-18(15)19-16/h3-6,11,14,21H,2,7-10,12-13H2,1H3. The summed E-state index contributed by atoms with van der Waals surface area (Å²) in [5, 5.41) is 10.5. The molecule has 1 aliphatic rings. The van der Waals surface area contributed by atoms with E-state index in [0.29, 0.717) is 19.1 Å². The third-order valence-corrected chi connectivity index (χ3v) is 4.33. The van der Waals surface area contributed by atoms with E-state index in [0.717, 1.165) is 49.1 Å². The van der Waals surface area contributed by atoms with Crippen LogP contribution in [0.3, 0.4) is 0 Å². The zero-order chi connectivity index (χ0) is 16.1. The summed E-state index contributed by atoms with van der Waals surface area (Å²) in [5.74, 6) is 0.869. The highest BCUT2D eigenvalue weighted by atomic mass is 17.2. The van der Waals surface area contributed by atoms with Crippen molar-refractivity contribution in [2.24, 2.45) is 5.92 Å². The average Bonchev–Trinajstić information content (AvgIpc) is 2.57. The molecule has 0 atom stereocenters. The highest BCUT2D eigenvalue weighted by molar-refractivity contribution is 5.80. The summed E-state index contributed by atoms with van der Waals surface area (Å²) in [7, 11) is 0. The van der Waals surface area contributed by atoms with Crippen LogP contribution in [-0.4, -0.2) is 41.3 Å². The molecule has 2 aromatic rings. The van der Waals surface area contributed by atoms with Crippen molar-refractivity contribution in [3.05, 3.63) is 36.0 Å². The van der Waals surface area contributed by atoms with Gasteiger partial charge in [0.15, 0.2) is 0 Å². The molecule has 1 N–H and O–H groups in total. The zero-order valence-electron chi connectivity index (χ0n) is 13.6. The number of fused-ring (bicyclic) bond motifs is 1.